The van der Waals surface area contributed by atoms with Gasteiger partial charge in [-0.1, -0.05) is 43.7 Å². The molecule has 8 rings (SSSR count). The van der Waals surface area contributed by atoms with Gasteiger partial charge in [0, 0.05) is 16.5 Å². The van der Waals surface area contributed by atoms with Crippen LogP contribution in [-0.2, 0) is 6.42 Å². The van der Waals surface area contributed by atoms with E-state index in [0.29, 0.717) is 16.7 Å². The normalized spacial score (nSPS) is 25.0. The van der Waals surface area contributed by atoms with E-state index in [9.17, 15) is 22.0 Å². The molecule has 2 saturated carbocycles. The minimum Gasteiger partial charge on any atom is -0.309 e. The highest BCUT2D eigenvalue weighted by atomic mass is 19.2. The number of para-hydroxylation sites is 1. The van der Waals surface area contributed by atoms with Gasteiger partial charge >= 0.3 is 0 Å². The predicted octanol–water partition coefficient (Wildman–Crippen LogP) is 10.4. The highest BCUT2D eigenvalue weighted by Crippen LogP contribution is 2.61. The second-order valence-electron chi connectivity index (χ2n) is 12.9. The van der Waals surface area contributed by atoms with Crippen LogP contribution < -0.4 is 0 Å². The summed E-state index contributed by atoms with van der Waals surface area (Å²) in [6.07, 6.45) is 8.92. The Balaban J connectivity index is 1.26. The molecule has 4 atom stereocenters. The second kappa shape index (κ2) is 9.16. The van der Waals surface area contributed by atoms with Gasteiger partial charge in [0.15, 0.2) is 23.3 Å². The van der Waals surface area contributed by atoms with Crippen molar-refractivity contribution in [2.75, 3.05) is 0 Å². The molecule has 0 spiro atoms. The van der Waals surface area contributed by atoms with Crippen molar-refractivity contribution < 1.29 is 22.0 Å². The molecular weight excluding hydrogens is 541 g/mol. The lowest BCUT2D eigenvalue weighted by Gasteiger charge is -2.49. The van der Waals surface area contributed by atoms with Gasteiger partial charge in [-0.25, -0.2) is 22.0 Å². The van der Waals surface area contributed by atoms with Gasteiger partial charge in [-0.2, -0.15) is 0 Å². The molecule has 0 bridgehead atoms. The van der Waals surface area contributed by atoms with Crippen LogP contribution in [-0.4, -0.2) is 4.57 Å². The summed E-state index contributed by atoms with van der Waals surface area (Å²) in [7, 11) is 0. The van der Waals surface area contributed by atoms with Gasteiger partial charge in [0.25, 0.3) is 0 Å². The molecule has 2 fully saturated rings. The maximum Gasteiger partial charge on any atom is 0.200 e. The van der Waals surface area contributed by atoms with Gasteiger partial charge in [0.05, 0.1) is 16.6 Å². The molecule has 1 nitrogen and oxygen atoms in total. The molecule has 0 amide bonds. The number of nitrogens with zero attached hydrogens (tertiary/aromatic N) is 1. The van der Waals surface area contributed by atoms with Gasteiger partial charge in [-0.15, -0.1) is 0 Å². The number of aromatic nitrogens is 1. The standard InChI is InChI=1S/C36H30F5N/c1-36-15-4-6-27(36)24-11-8-19-17-21(10-12-22(19)23(24)14-16-36)42-28-7-3-2-5-25(28)26-18-20(9-13-29(26)42)30-31(37)33(39)35(41)34(40)32(30)38/h2-3,5,7,9-10,12-13,17-18,23-24,27H,4,6,8,11,14-16H2,1H3/t23-,24-,27+,36+/m1/s1. The number of aryl methyl sites for hydroxylation is 1. The summed E-state index contributed by atoms with van der Waals surface area (Å²) in [5.41, 5.74) is 5.12. The van der Waals surface area contributed by atoms with Gasteiger partial charge in [-0.3, -0.25) is 0 Å². The Morgan fingerprint density at radius 1 is 0.714 bits per heavy atom. The van der Waals surface area contributed by atoms with Crippen molar-refractivity contribution in [3.63, 3.8) is 0 Å². The zero-order valence-electron chi connectivity index (χ0n) is 23.3. The molecule has 0 N–H and O–H groups in total. The average molecular weight is 572 g/mol. The lowest BCUT2D eigenvalue weighted by Crippen LogP contribution is -2.39. The van der Waals surface area contributed by atoms with E-state index < -0.39 is 34.6 Å². The smallest absolute Gasteiger partial charge is 0.200 e. The third-order valence-corrected chi connectivity index (χ3v) is 10.9. The summed E-state index contributed by atoms with van der Waals surface area (Å²) < 4.78 is 73.4. The van der Waals surface area contributed by atoms with E-state index in [4.69, 9.17) is 0 Å². The molecule has 3 aliphatic carbocycles. The topological polar surface area (TPSA) is 4.93 Å². The first kappa shape index (κ1) is 26.0. The highest BCUT2D eigenvalue weighted by Gasteiger charge is 2.50. The molecular formula is C36H30F5N. The molecule has 4 aromatic carbocycles. The maximum absolute atomic E-state index is 14.7. The predicted molar refractivity (Wildman–Crippen MR) is 155 cm³/mol. The van der Waals surface area contributed by atoms with E-state index in [-0.39, 0.29) is 5.56 Å². The van der Waals surface area contributed by atoms with E-state index in [0.717, 1.165) is 40.4 Å². The Labute approximate surface area is 241 Å². The van der Waals surface area contributed by atoms with E-state index in [1.807, 2.05) is 24.3 Å². The fraction of sp³-hybridized carbons (Fsp3) is 0.333. The summed E-state index contributed by atoms with van der Waals surface area (Å²) in [5.74, 6) is -7.51. The summed E-state index contributed by atoms with van der Waals surface area (Å²) in [6.45, 7) is 2.51. The summed E-state index contributed by atoms with van der Waals surface area (Å²) in [5, 5.41) is 1.52. The van der Waals surface area contributed by atoms with E-state index >= 15 is 0 Å². The van der Waals surface area contributed by atoms with Crippen LogP contribution in [0.4, 0.5) is 22.0 Å². The van der Waals surface area contributed by atoms with Gasteiger partial charge < -0.3 is 4.57 Å². The van der Waals surface area contributed by atoms with Crippen LogP contribution in [0.5, 0.6) is 0 Å². The molecule has 214 valence electrons. The Bertz CT molecular complexity index is 1890. The minimum absolute atomic E-state index is 0.0640. The molecule has 1 aromatic heterocycles. The Morgan fingerprint density at radius 3 is 2.26 bits per heavy atom. The van der Waals surface area contributed by atoms with Crippen molar-refractivity contribution in [1.29, 1.82) is 0 Å². The van der Waals surface area contributed by atoms with Crippen molar-refractivity contribution in [2.24, 2.45) is 17.3 Å². The summed E-state index contributed by atoms with van der Waals surface area (Å²) in [6, 6.07) is 19.2. The Kier molecular flexibility index (Phi) is 5.67. The van der Waals surface area contributed by atoms with Crippen LogP contribution in [0.1, 0.15) is 62.5 Å². The second-order valence-corrected chi connectivity index (χ2v) is 12.9. The highest BCUT2D eigenvalue weighted by molar-refractivity contribution is 6.10. The van der Waals surface area contributed by atoms with E-state index in [1.54, 1.807) is 6.07 Å². The van der Waals surface area contributed by atoms with Crippen LogP contribution in [0.3, 0.4) is 0 Å². The van der Waals surface area contributed by atoms with Gasteiger partial charge in [0.2, 0.25) is 5.82 Å². The first-order valence-electron chi connectivity index (χ1n) is 14.9. The molecule has 0 radical (unpaired) electrons. The van der Waals surface area contributed by atoms with Crippen LogP contribution in [0, 0.1) is 46.3 Å². The monoisotopic (exact) mass is 571 g/mol. The quantitative estimate of drug-likeness (QED) is 0.113. The number of rotatable bonds is 2. The van der Waals surface area contributed by atoms with Gasteiger partial charge in [-0.05, 0) is 109 Å². The fourth-order valence-corrected chi connectivity index (χ4v) is 8.97. The molecule has 1 heterocycles. The fourth-order valence-electron chi connectivity index (χ4n) is 8.97. The summed E-state index contributed by atoms with van der Waals surface area (Å²) >= 11 is 0. The van der Waals surface area contributed by atoms with Crippen molar-refractivity contribution in [3.8, 4) is 16.8 Å². The number of benzene rings is 4. The largest absolute Gasteiger partial charge is 0.309 e. The number of halogens is 5. The maximum atomic E-state index is 14.7. The number of hydrogen-bond donors (Lipinski definition) is 0. The van der Waals surface area contributed by atoms with Crippen LogP contribution in [0.15, 0.2) is 60.7 Å². The molecule has 3 aliphatic rings. The molecule has 5 aromatic rings. The molecule has 0 unspecified atom stereocenters. The Hall–Kier alpha value is -3.67. The Morgan fingerprint density at radius 2 is 1.45 bits per heavy atom. The third kappa shape index (κ3) is 3.53. The lowest BCUT2D eigenvalue weighted by atomic mass is 9.56. The van der Waals surface area contributed by atoms with Crippen LogP contribution in [0.25, 0.3) is 38.6 Å². The van der Waals surface area contributed by atoms with E-state index in [2.05, 4.69) is 29.7 Å². The molecule has 6 heteroatoms. The van der Waals surface area contributed by atoms with Gasteiger partial charge in [0.1, 0.15) is 0 Å². The first-order chi connectivity index (χ1) is 20.3. The number of fused-ring (bicyclic) bond motifs is 8. The lowest BCUT2D eigenvalue weighted by molar-refractivity contribution is 0.0598. The first-order valence-corrected chi connectivity index (χ1v) is 14.9. The van der Waals surface area contributed by atoms with Crippen molar-refractivity contribution >= 4 is 21.8 Å². The number of hydrogen-bond acceptors (Lipinski definition) is 0. The van der Waals surface area contributed by atoms with Crippen molar-refractivity contribution in [3.05, 3.63) is 101 Å². The molecule has 42 heavy (non-hydrogen) atoms. The SMILES string of the molecule is C[C@@]12CCC[C@H]1[C@@H]1CCc3cc(-n4c5ccccc5c5cc(-c6c(F)c(F)c(F)c(F)c6F)ccc54)ccc3[C@H]1CC2. The zero-order valence-corrected chi connectivity index (χ0v) is 23.3. The average Bonchev–Trinajstić information content (AvgIpc) is 3.56. The van der Waals surface area contributed by atoms with Crippen LogP contribution in [0.2, 0.25) is 0 Å². The molecule has 0 aliphatic heterocycles. The van der Waals surface area contributed by atoms with Crippen molar-refractivity contribution in [2.45, 2.75) is 57.8 Å². The zero-order chi connectivity index (χ0) is 28.9. The molecule has 0 saturated heterocycles. The summed E-state index contributed by atoms with van der Waals surface area (Å²) in [4.78, 5) is 0. The minimum atomic E-state index is -2.16. The third-order valence-electron chi connectivity index (χ3n) is 10.9. The van der Waals surface area contributed by atoms with Crippen LogP contribution >= 0.6 is 0 Å². The van der Waals surface area contributed by atoms with E-state index in [1.165, 1.54) is 61.8 Å². The van der Waals surface area contributed by atoms with Crippen molar-refractivity contribution in [1.82, 2.24) is 4.57 Å².